The number of benzene rings is 1. The van der Waals surface area contributed by atoms with E-state index in [2.05, 4.69) is 0 Å². The second-order valence-corrected chi connectivity index (χ2v) is 6.23. The van der Waals surface area contributed by atoms with E-state index < -0.39 is 33.8 Å². The first-order chi connectivity index (χ1) is 9.04. The van der Waals surface area contributed by atoms with E-state index in [1.807, 2.05) is 0 Å². The van der Waals surface area contributed by atoms with Crippen molar-refractivity contribution in [3.8, 4) is 0 Å². The van der Waals surface area contributed by atoms with Crippen molar-refractivity contribution in [3.05, 3.63) is 27.7 Å². The Balaban J connectivity index is 3.31. The lowest BCUT2D eigenvalue weighted by molar-refractivity contribution is 0.0620. The van der Waals surface area contributed by atoms with Gasteiger partial charge >= 0.3 is 0 Å². The van der Waals surface area contributed by atoms with Crippen molar-refractivity contribution in [3.63, 3.8) is 0 Å². The van der Waals surface area contributed by atoms with E-state index in [4.69, 9.17) is 28.3 Å². The zero-order valence-electron chi connectivity index (χ0n) is 10.1. The number of primary sulfonamides is 1. The van der Waals surface area contributed by atoms with Crippen molar-refractivity contribution in [1.29, 1.82) is 0 Å². The van der Waals surface area contributed by atoms with Gasteiger partial charge in [-0.25, -0.2) is 22.3 Å². The van der Waals surface area contributed by atoms with Gasteiger partial charge in [0.1, 0.15) is 0 Å². The summed E-state index contributed by atoms with van der Waals surface area (Å²) in [5, 5.41) is 4.48. The Kier molecular flexibility index (Phi) is 5.31. The molecule has 0 unspecified atom stereocenters. The molecular formula is C10H10Cl2F2N2O3S. The molecule has 0 heterocycles. The van der Waals surface area contributed by atoms with Crippen molar-refractivity contribution < 1.29 is 22.0 Å². The Morgan fingerprint density at radius 2 is 1.95 bits per heavy atom. The van der Waals surface area contributed by atoms with Gasteiger partial charge < -0.3 is 4.90 Å². The van der Waals surface area contributed by atoms with Crippen LogP contribution in [0.25, 0.3) is 0 Å². The fourth-order valence-corrected chi connectivity index (χ4v) is 2.42. The molecule has 1 aromatic rings. The minimum atomic E-state index is -4.11. The monoisotopic (exact) mass is 346 g/mol. The highest BCUT2D eigenvalue weighted by molar-refractivity contribution is 7.89. The number of amides is 1. The number of nitrogens with two attached hydrogens (primary N) is 1. The zero-order chi connectivity index (χ0) is 15.7. The molecule has 1 amide bonds. The largest absolute Gasteiger partial charge is 0.336 e. The molecule has 0 atom stereocenters. The molecule has 1 aromatic carbocycles. The summed E-state index contributed by atoms with van der Waals surface area (Å²) < 4.78 is 47.0. The van der Waals surface area contributed by atoms with Crippen LogP contribution in [0.4, 0.5) is 8.78 Å². The first kappa shape index (κ1) is 17.1. The van der Waals surface area contributed by atoms with Crippen molar-refractivity contribution in [2.45, 2.75) is 11.3 Å². The molecule has 0 fully saturated rings. The molecule has 2 N–H and O–H groups in total. The van der Waals surface area contributed by atoms with Gasteiger partial charge in [-0.05, 0) is 12.1 Å². The summed E-state index contributed by atoms with van der Waals surface area (Å²) in [6, 6.07) is 1.87. The Labute approximate surface area is 124 Å². The van der Waals surface area contributed by atoms with Gasteiger partial charge in [0, 0.05) is 7.05 Å². The topological polar surface area (TPSA) is 80.5 Å². The second kappa shape index (κ2) is 6.21. The number of halogens is 4. The minimum absolute atomic E-state index is 0.216. The van der Waals surface area contributed by atoms with Gasteiger partial charge in [0.25, 0.3) is 12.3 Å². The molecule has 0 saturated carbocycles. The van der Waals surface area contributed by atoms with E-state index >= 15 is 0 Å². The minimum Gasteiger partial charge on any atom is -0.336 e. The predicted octanol–water partition coefficient (Wildman–Crippen LogP) is 1.98. The van der Waals surface area contributed by atoms with Crippen molar-refractivity contribution in [2.24, 2.45) is 5.14 Å². The molecule has 0 aromatic heterocycles. The van der Waals surface area contributed by atoms with Crippen LogP contribution >= 0.6 is 23.2 Å². The van der Waals surface area contributed by atoms with Gasteiger partial charge in [-0.15, -0.1) is 0 Å². The molecule has 112 valence electrons. The lowest BCUT2D eigenvalue weighted by Gasteiger charge is -2.18. The molecule has 5 nitrogen and oxygen atoms in total. The molecule has 0 bridgehead atoms. The van der Waals surface area contributed by atoms with Crippen molar-refractivity contribution in [2.75, 3.05) is 13.6 Å². The number of hydrogen-bond donors (Lipinski definition) is 1. The maximum atomic E-state index is 12.2. The summed E-state index contributed by atoms with van der Waals surface area (Å²) in [6.07, 6.45) is -2.74. The first-order valence-electron chi connectivity index (χ1n) is 5.09. The third-order valence-corrected chi connectivity index (χ3v) is 4.01. The summed E-state index contributed by atoms with van der Waals surface area (Å²) in [5.74, 6) is -0.886. The van der Waals surface area contributed by atoms with Gasteiger partial charge in [-0.1, -0.05) is 23.2 Å². The average molecular weight is 347 g/mol. The SMILES string of the molecule is CN(CC(F)F)C(=O)c1cc(S(N)(=O)=O)cc(Cl)c1Cl. The lowest BCUT2D eigenvalue weighted by Crippen LogP contribution is -2.31. The molecular weight excluding hydrogens is 337 g/mol. The summed E-state index contributed by atoms with van der Waals surface area (Å²) in [4.78, 5) is 12.2. The van der Waals surface area contributed by atoms with Gasteiger partial charge in [0.05, 0.1) is 27.0 Å². The molecule has 0 aliphatic rings. The third kappa shape index (κ3) is 4.02. The summed E-state index contributed by atoms with van der Waals surface area (Å²) in [7, 11) is -2.98. The first-order valence-corrected chi connectivity index (χ1v) is 7.39. The molecule has 0 radical (unpaired) electrons. The van der Waals surface area contributed by atoms with E-state index in [9.17, 15) is 22.0 Å². The van der Waals surface area contributed by atoms with Crippen molar-refractivity contribution in [1.82, 2.24) is 4.90 Å². The highest BCUT2D eigenvalue weighted by Gasteiger charge is 2.22. The standard InChI is InChI=1S/C10H10Cl2F2N2O3S/c1-16(4-8(13)14)10(17)6-2-5(20(15,18)19)3-7(11)9(6)12/h2-3,8H,4H2,1H3,(H2,15,18,19). The van der Waals surface area contributed by atoms with Crippen LogP contribution in [0.1, 0.15) is 10.4 Å². The van der Waals surface area contributed by atoms with Gasteiger partial charge in [0.15, 0.2) is 0 Å². The van der Waals surface area contributed by atoms with Crippen LogP contribution in [-0.4, -0.2) is 39.2 Å². The fourth-order valence-electron chi connectivity index (χ4n) is 1.38. The highest BCUT2D eigenvalue weighted by Crippen LogP contribution is 2.30. The van der Waals surface area contributed by atoms with Crippen LogP contribution in [-0.2, 0) is 10.0 Å². The molecule has 0 saturated heterocycles. The normalized spacial score (nSPS) is 11.8. The second-order valence-electron chi connectivity index (χ2n) is 3.89. The predicted molar refractivity (Wildman–Crippen MR) is 70.8 cm³/mol. The molecule has 0 spiro atoms. The van der Waals surface area contributed by atoms with Gasteiger partial charge in [0.2, 0.25) is 10.0 Å². The summed E-state index contributed by atoms with van der Waals surface area (Å²) >= 11 is 11.5. The van der Waals surface area contributed by atoms with E-state index in [0.717, 1.165) is 19.2 Å². The van der Waals surface area contributed by atoms with E-state index in [1.165, 1.54) is 0 Å². The average Bonchev–Trinajstić information content (AvgIpc) is 2.29. The number of alkyl halides is 2. The van der Waals surface area contributed by atoms with E-state index in [1.54, 1.807) is 0 Å². The quantitative estimate of drug-likeness (QED) is 0.904. The van der Waals surface area contributed by atoms with Crippen LogP contribution < -0.4 is 5.14 Å². The number of sulfonamides is 1. The van der Waals surface area contributed by atoms with Crippen LogP contribution in [0.3, 0.4) is 0 Å². The highest BCUT2D eigenvalue weighted by atomic mass is 35.5. The molecule has 20 heavy (non-hydrogen) atoms. The smallest absolute Gasteiger partial charge is 0.255 e. The van der Waals surface area contributed by atoms with Crippen molar-refractivity contribution >= 4 is 39.1 Å². The number of carbonyl (C=O) groups excluding carboxylic acids is 1. The summed E-state index contributed by atoms with van der Waals surface area (Å²) in [5.41, 5.74) is -0.314. The van der Waals surface area contributed by atoms with Crippen LogP contribution in [0.2, 0.25) is 10.0 Å². The Bertz CT molecular complexity index is 638. The lowest BCUT2D eigenvalue weighted by atomic mass is 10.2. The fraction of sp³-hybridized carbons (Fsp3) is 0.300. The Morgan fingerprint density at radius 1 is 1.40 bits per heavy atom. The molecule has 10 heteroatoms. The Hall–Kier alpha value is -0.960. The maximum absolute atomic E-state index is 12.2. The van der Waals surface area contributed by atoms with Gasteiger partial charge in [-0.3, -0.25) is 4.79 Å². The van der Waals surface area contributed by atoms with E-state index in [-0.39, 0.29) is 15.6 Å². The number of nitrogens with zero attached hydrogens (tertiary/aromatic N) is 1. The molecule has 1 rings (SSSR count). The summed E-state index contributed by atoms with van der Waals surface area (Å²) in [6.45, 7) is -0.827. The zero-order valence-corrected chi connectivity index (χ0v) is 12.4. The Morgan fingerprint density at radius 3 is 2.40 bits per heavy atom. The number of hydrogen-bond acceptors (Lipinski definition) is 3. The maximum Gasteiger partial charge on any atom is 0.255 e. The van der Waals surface area contributed by atoms with Crippen LogP contribution in [0.15, 0.2) is 17.0 Å². The van der Waals surface area contributed by atoms with E-state index in [0.29, 0.717) is 4.90 Å². The van der Waals surface area contributed by atoms with Crippen LogP contribution in [0, 0.1) is 0 Å². The van der Waals surface area contributed by atoms with Crippen LogP contribution in [0.5, 0.6) is 0 Å². The number of carbonyl (C=O) groups is 1. The number of rotatable bonds is 4. The third-order valence-electron chi connectivity index (χ3n) is 2.32. The molecule has 0 aliphatic carbocycles. The molecule has 0 aliphatic heterocycles. The van der Waals surface area contributed by atoms with Gasteiger partial charge in [-0.2, -0.15) is 0 Å².